The van der Waals surface area contributed by atoms with Crippen molar-refractivity contribution >= 4 is 15.9 Å². The zero-order chi connectivity index (χ0) is 15.8. The predicted octanol–water partition coefficient (Wildman–Crippen LogP) is 7.16. The van der Waals surface area contributed by atoms with E-state index in [1.165, 1.54) is 50.2 Å². The van der Waals surface area contributed by atoms with E-state index in [4.69, 9.17) is 0 Å². The zero-order valence-electron chi connectivity index (χ0n) is 13.2. The van der Waals surface area contributed by atoms with Gasteiger partial charge >= 0.3 is 0 Å². The molecule has 2 rings (SSSR count). The van der Waals surface area contributed by atoms with Crippen molar-refractivity contribution in [1.82, 2.24) is 0 Å². The van der Waals surface area contributed by atoms with E-state index in [-0.39, 0.29) is 5.82 Å². The fourth-order valence-electron chi connectivity index (χ4n) is 2.68. The average molecular weight is 363 g/mol. The van der Waals surface area contributed by atoms with Crippen LogP contribution in [0, 0.1) is 5.82 Å². The summed E-state index contributed by atoms with van der Waals surface area (Å²) in [6, 6.07) is 13.4. The van der Waals surface area contributed by atoms with Crippen LogP contribution in [0.2, 0.25) is 0 Å². The van der Waals surface area contributed by atoms with Crippen LogP contribution in [-0.2, 0) is 6.42 Å². The minimum atomic E-state index is -0.174. The fraction of sp³-hybridized carbons (Fsp3) is 0.400. The molecular weight excluding hydrogens is 339 g/mol. The molecule has 0 unspecified atom stereocenters. The van der Waals surface area contributed by atoms with Crippen LogP contribution < -0.4 is 0 Å². The molecule has 0 spiro atoms. The van der Waals surface area contributed by atoms with Crippen LogP contribution in [0.3, 0.4) is 0 Å². The Morgan fingerprint density at radius 3 is 2.27 bits per heavy atom. The van der Waals surface area contributed by atoms with E-state index in [9.17, 15) is 4.39 Å². The van der Waals surface area contributed by atoms with Crippen LogP contribution in [0.5, 0.6) is 0 Å². The molecule has 2 heteroatoms. The molecule has 0 radical (unpaired) electrons. The van der Waals surface area contributed by atoms with E-state index in [0.29, 0.717) is 5.56 Å². The van der Waals surface area contributed by atoms with E-state index >= 15 is 0 Å². The Balaban J connectivity index is 1.89. The van der Waals surface area contributed by atoms with Crippen molar-refractivity contribution in [1.29, 1.82) is 0 Å². The molecule has 0 aliphatic heterocycles. The minimum Gasteiger partial charge on any atom is -0.206 e. The first-order valence-corrected chi connectivity index (χ1v) is 9.04. The number of hydrogen-bond acceptors (Lipinski definition) is 0. The third kappa shape index (κ3) is 5.24. The van der Waals surface area contributed by atoms with Gasteiger partial charge in [-0.15, -0.1) is 0 Å². The topological polar surface area (TPSA) is 0 Å². The summed E-state index contributed by atoms with van der Waals surface area (Å²) >= 11 is 3.40. The number of hydrogen-bond donors (Lipinski definition) is 0. The van der Waals surface area contributed by atoms with E-state index in [0.717, 1.165) is 16.5 Å². The second-order valence-corrected chi connectivity index (χ2v) is 6.75. The summed E-state index contributed by atoms with van der Waals surface area (Å²) < 4.78 is 14.8. The summed E-state index contributed by atoms with van der Waals surface area (Å²) in [5.41, 5.74) is 2.93. The average Bonchev–Trinajstić information content (AvgIpc) is 2.54. The molecule has 22 heavy (non-hydrogen) atoms. The molecule has 0 bridgehead atoms. The molecule has 0 saturated heterocycles. The maximum Gasteiger partial charge on any atom is 0.131 e. The van der Waals surface area contributed by atoms with Gasteiger partial charge in [0.15, 0.2) is 0 Å². The lowest BCUT2D eigenvalue weighted by Gasteiger charge is -2.07. The normalized spacial score (nSPS) is 10.9. The Hall–Kier alpha value is -1.15. The van der Waals surface area contributed by atoms with Gasteiger partial charge in [0, 0.05) is 10.0 Å². The van der Waals surface area contributed by atoms with Gasteiger partial charge in [0.1, 0.15) is 5.82 Å². The highest BCUT2D eigenvalue weighted by Crippen LogP contribution is 2.26. The summed E-state index contributed by atoms with van der Waals surface area (Å²) in [7, 11) is 0. The standard InChI is InChI=1S/C20H24BrF/c1-2-3-4-5-6-7-8-16-9-11-17(12-10-16)19-15-18(21)13-14-20(19)22/h9-15H,2-8H2,1H3. The number of rotatable bonds is 8. The SMILES string of the molecule is CCCCCCCCc1ccc(-c2cc(Br)ccc2F)cc1. The number of halogens is 2. The van der Waals surface area contributed by atoms with Gasteiger partial charge in [0.2, 0.25) is 0 Å². The molecule has 2 aromatic rings. The van der Waals surface area contributed by atoms with Crippen molar-refractivity contribution in [2.75, 3.05) is 0 Å². The van der Waals surface area contributed by atoms with Gasteiger partial charge in [0.05, 0.1) is 0 Å². The Labute approximate surface area is 141 Å². The smallest absolute Gasteiger partial charge is 0.131 e. The highest BCUT2D eigenvalue weighted by Gasteiger charge is 2.05. The first-order valence-electron chi connectivity index (χ1n) is 8.25. The summed E-state index contributed by atoms with van der Waals surface area (Å²) in [5, 5.41) is 0. The van der Waals surface area contributed by atoms with Crippen molar-refractivity contribution in [3.05, 3.63) is 58.3 Å². The highest BCUT2D eigenvalue weighted by atomic mass is 79.9. The van der Waals surface area contributed by atoms with Crippen LogP contribution >= 0.6 is 15.9 Å². The second kappa shape index (κ2) is 9.09. The van der Waals surface area contributed by atoms with Gasteiger partial charge in [-0.2, -0.15) is 0 Å². The Morgan fingerprint density at radius 1 is 0.864 bits per heavy atom. The van der Waals surface area contributed by atoms with Crippen molar-refractivity contribution in [2.24, 2.45) is 0 Å². The van der Waals surface area contributed by atoms with Crippen molar-refractivity contribution in [2.45, 2.75) is 51.9 Å². The molecule has 0 aromatic heterocycles. The summed E-state index contributed by atoms with van der Waals surface area (Å²) in [6.45, 7) is 2.25. The molecule has 0 saturated carbocycles. The van der Waals surface area contributed by atoms with Gasteiger partial charge in [-0.1, -0.05) is 79.2 Å². The largest absolute Gasteiger partial charge is 0.206 e. The molecule has 0 aliphatic carbocycles. The van der Waals surface area contributed by atoms with E-state index in [2.05, 4.69) is 35.0 Å². The Kier molecular flexibility index (Phi) is 7.11. The number of unbranched alkanes of at least 4 members (excludes halogenated alkanes) is 5. The quantitative estimate of drug-likeness (QED) is 0.437. The third-order valence-corrected chi connectivity index (χ3v) is 4.51. The first-order chi connectivity index (χ1) is 10.7. The van der Waals surface area contributed by atoms with Crippen molar-refractivity contribution in [3.63, 3.8) is 0 Å². The molecule has 0 amide bonds. The number of benzene rings is 2. The molecule has 0 aliphatic rings. The summed E-state index contributed by atoms with van der Waals surface area (Å²) in [4.78, 5) is 0. The molecular formula is C20H24BrF. The second-order valence-electron chi connectivity index (χ2n) is 5.84. The molecule has 2 aromatic carbocycles. The van der Waals surface area contributed by atoms with Crippen LogP contribution in [-0.4, -0.2) is 0 Å². The molecule has 118 valence electrons. The predicted molar refractivity (Wildman–Crippen MR) is 96.6 cm³/mol. The molecule has 0 nitrogen and oxygen atoms in total. The Bertz CT molecular complexity index is 575. The van der Waals surface area contributed by atoms with Crippen molar-refractivity contribution < 1.29 is 4.39 Å². The lowest BCUT2D eigenvalue weighted by molar-refractivity contribution is 0.607. The lowest BCUT2D eigenvalue weighted by atomic mass is 10.0. The Morgan fingerprint density at radius 2 is 1.55 bits per heavy atom. The minimum absolute atomic E-state index is 0.174. The fourth-order valence-corrected chi connectivity index (χ4v) is 3.04. The van der Waals surface area contributed by atoms with E-state index in [1.54, 1.807) is 6.07 Å². The van der Waals surface area contributed by atoms with Crippen LogP contribution in [0.15, 0.2) is 46.9 Å². The van der Waals surface area contributed by atoms with Crippen molar-refractivity contribution in [3.8, 4) is 11.1 Å². The molecule has 0 heterocycles. The highest BCUT2D eigenvalue weighted by molar-refractivity contribution is 9.10. The van der Waals surface area contributed by atoms with Gasteiger partial charge in [0.25, 0.3) is 0 Å². The first kappa shape index (κ1) is 17.2. The monoisotopic (exact) mass is 362 g/mol. The summed E-state index contributed by atoms with van der Waals surface area (Å²) in [6.07, 6.45) is 9.02. The molecule has 0 atom stereocenters. The maximum absolute atomic E-state index is 13.9. The van der Waals surface area contributed by atoms with Gasteiger partial charge in [-0.25, -0.2) is 4.39 Å². The molecule has 0 N–H and O–H groups in total. The lowest BCUT2D eigenvalue weighted by Crippen LogP contribution is -1.88. The molecule has 0 fully saturated rings. The number of aryl methyl sites for hydroxylation is 1. The summed E-state index contributed by atoms with van der Waals surface area (Å²) in [5.74, 6) is -0.174. The van der Waals surface area contributed by atoms with Crippen LogP contribution in [0.1, 0.15) is 51.0 Å². The van der Waals surface area contributed by atoms with E-state index in [1.807, 2.05) is 18.2 Å². The van der Waals surface area contributed by atoms with Gasteiger partial charge in [-0.3, -0.25) is 0 Å². The van der Waals surface area contributed by atoms with Crippen LogP contribution in [0.4, 0.5) is 4.39 Å². The third-order valence-electron chi connectivity index (χ3n) is 4.01. The zero-order valence-corrected chi connectivity index (χ0v) is 14.8. The van der Waals surface area contributed by atoms with Gasteiger partial charge in [-0.05, 0) is 42.2 Å². The van der Waals surface area contributed by atoms with Gasteiger partial charge < -0.3 is 0 Å². The van der Waals surface area contributed by atoms with Crippen LogP contribution in [0.25, 0.3) is 11.1 Å². The maximum atomic E-state index is 13.9. The van der Waals surface area contributed by atoms with E-state index < -0.39 is 0 Å².